The molecule has 1 saturated heterocycles. The van der Waals surface area contributed by atoms with Crippen molar-refractivity contribution < 1.29 is 14.4 Å². The molecular weight excluding hydrogens is 477 g/mol. The number of rotatable bonds is 5. The van der Waals surface area contributed by atoms with E-state index in [1.807, 2.05) is 31.2 Å². The summed E-state index contributed by atoms with van der Waals surface area (Å²) in [6, 6.07) is 12.2. The number of hydrogen-bond acceptors (Lipinski definition) is 5. The van der Waals surface area contributed by atoms with Crippen LogP contribution in [0.4, 0.5) is 0 Å². The largest absolute Gasteiger partial charge is 0.292 e. The Morgan fingerprint density at radius 3 is 2.52 bits per heavy atom. The summed E-state index contributed by atoms with van der Waals surface area (Å²) in [5.74, 6) is -1.31. The number of carbonyl (C=O) groups excluding carboxylic acids is 3. The van der Waals surface area contributed by atoms with Crippen molar-refractivity contribution in [2.75, 3.05) is 6.54 Å². The number of thiocarbonyl (C=S) groups is 1. The van der Waals surface area contributed by atoms with Crippen molar-refractivity contribution in [3.05, 3.63) is 74.1 Å². The molecule has 0 unspecified atom stereocenters. The molecule has 2 aromatic carbocycles. The van der Waals surface area contributed by atoms with Gasteiger partial charge in [-0.05, 0) is 36.8 Å². The molecule has 1 fully saturated rings. The van der Waals surface area contributed by atoms with E-state index in [0.717, 1.165) is 11.1 Å². The van der Waals surface area contributed by atoms with Gasteiger partial charge in [0.2, 0.25) is 5.91 Å². The second kappa shape index (κ2) is 10.3. The van der Waals surface area contributed by atoms with Gasteiger partial charge in [0.25, 0.3) is 11.8 Å². The van der Waals surface area contributed by atoms with Gasteiger partial charge in [-0.3, -0.25) is 30.1 Å². The molecule has 31 heavy (non-hydrogen) atoms. The van der Waals surface area contributed by atoms with E-state index in [1.54, 1.807) is 6.08 Å². The number of aryl methyl sites for hydroxylation is 1. The molecule has 0 atom stereocenters. The lowest BCUT2D eigenvalue weighted by Crippen LogP contribution is -2.43. The molecule has 1 heterocycles. The molecule has 1 aliphatic rings. The minimum atomic E-state index is -0.582. The molecule has 10 heteroatoms. The summed E-state index contributed by atoms with van der Waals surface area (Å²) in [4.78, 5) is 38.8. The van der Waals surface area contributed by atoms with Gasteiger partial charge in [-0.25, -0.2) is 0 Å². The molecule has 1 aliphatic heterocycles. The number of amides is 3. The molecule has 2 aromatic rings. The van der Waals surface area contributed by atoms with Crippen molar-refractivity contribution >= 4 is 75.3 Å². The first-order valence-electron chi connectivity index (χ1n) is 9.11. The minimum absolute atomic E-state index is 0.0428. The molecule has 6 nitrogen and oxygen atoms in total. The van der Waals surface area contributed by atoms with E-state index in [4.69, 9.17) is 35.4 Å². The second-order valence-corrected chi connectivity index (χ2v) is 9.14. The highest BCUT2D eigenvalue weighted by Gasteiger charge is 2.32. The topological polar surface area (TPSA) is 78.5 Å². The standard InChI is InChI=1S/C21H17Cl2N3O3S2/c1-12-2-4-13(5-3-12)10-17-20(29)26(21(30)31-17)9-8-18(27)24-25-19(28)15-7-6-14(22)11-16(15)23/h2-7,10-11H,8-9H2,1H3,(H,24,27)(H,25,28)/b17-10+. The zero-order valence-electron chi connectivity index (χ0n) is 16.3. The summed E-state index contributed by atoms with van der Waals surface area (Å²) >= 11 is 18.2. The number of benzene rings is 2. The molecule has 0 bridgehead atoms. The average Bonchev–Trinajstić information content (AvgIpc) is 2.99. The quantitative estimate of drug-likeness (QED) is 0.367. The first-order valence-corrected chi connectivity index (χ1v) is 11.1. The van der Waals surface area contributed by atoms with Gasteiger partial charge in [-0.15, -0.1) is 0 Å². The Kier molecular flexibility index (Phi) is 7.72. The van der Waals surface area contributed by atoms with Crippen molar-refractivity contribution in [1.82, 2.24) is 15.8 Å². The Morgan fingerprint density at radius 2 is 1.84 bits per heavy atom. The highest BCUT2D eigenvalue weighted by molar-refractivity contribution is 8.26. The number of thioether (sulfide) groups is 1. The van der Waals surface area contributed by atoms with E-state index >= 15 is 0 Å². The molecule has 3 rings (SSSR count). The molecule has 0 spiro atoms. The van der Waals surface area contributed by atoms with Crippen molar-refractivity contribution in [2.45, 2.75) is 13.3 Å². The Balaban J connectivity index is 1.52. The molecule has 0 aromatic heterocycles. The van der Waals surface area contributed by atoms with Crippen LogP contribution in [-0.2, 0) is 9.59 Å². The number of nitrogens with zero attached hydrogens (tertiary/aromatic N) is 1. The summed E-state index contributed by atoms with van der Waals surface area (Å²) in [6.07, 6.45) is 1.73. The molecule has 2 N–H and O–H groups in total. The normalized spacial score (nSPS) is 14.8. The smallest absolute Gasteiger partial charge is 0.271 e. The van der Waals surface area contributed by atoms with E-state index in [-0.39, 0.29) is 29.5 Å². The maximum absolute atomic E-state index is 12.6. The van der Waals surface area contributed by atoms with Gasteiger partial charge in [-0.2, -0.15) is 0 Å². The van der Waals surface area contributed by atoms with Crippen molar-refractivity contribution in [2.24, 2.45) is 0 Å². The van der Waals surface area contributed by atoms with Gasteiger partial charge < -0.3 is 0 Å². The monoisotopic (exact) mass is 493 g/mol. The van der Waals surface area contributed by atoms with E-state index in [0.29, 0.717) is 14.2 Å². The van der Waals surface area contributed by atoms with Crippen LogP contribution in [0.3, 0.4) is 0 Å². The number of nitrogens with one attached hydrogen (secondary N) is 2. The van der Waals surface area contributed by atoms with E-state index in [1.165, 1.54) is 34.9 Å². The lowest BCUT2D eigenvalue weighted by atomic mass is 10.1. The van der Waals surface area contributed by atoms with Crippen molar-refractivity contribution in [1.29, 1.82) is 0 Å². The molecule has 0 saturated carbocycles. The number of halogens is 2. The summed E-state index contributed by atoms with van der Waals surface area (Å²) in [5, 5.41) is 0.558. The number of hydrogen-bond donors (Lipinski definition) is 2. The third-order valence-corrected chi connectivity index (χ3v) is 6.23. The Labute approximate surface area is 198 Å². The zero-order valence-corrected chi connectivity index (χ0v) is 19.4. The fourth-order valence-electron chi connectivity index (χ4n) is 2.65. The summed E-state index contributed by atoms with van der Waals surface area (Å²) in [5.41, 5.74) is 6.78. The fraction of sp³-hybridized carbons (Fsp3) is 0.143. The number of carbonyl (C=O) groups is 3. The minimum Gasteiger partial charge on any atom is -0.292 e. The maximum Gasteiger partial charge on any atom is 0.271 e. The van der Waals surface area contributed by atoms with E-state index < -0.39 is 11.8 Å². The average molecular weight is 494 g/mol. The van der Waals surface area contributed by atoms with Crippen LogP contribution in [0, 0.1) is 6.92 Å². The van der Waals surface area contributed by atoms with Crippen LogP contribution in [0.25, 0.3) is 6.08 Å². The Hall–Kier alpha value is -2.39. The third kappa shape index (κ3) is 6.07. The van der Waals surface area contributed by atoms with Crippen LogP contribution in [0.2, 0.25) is 10.0 Å². The van der Waals surface area contributed by atoms with Gasteiger partial charge >= 0.3 is 0 Å². The van der Waals surface area contributed by atoms with Crippen LogP contribution in [-0.4, -0.2) is 33.5 Å². The lowest BCUT2D eigenvalue weighted by molar-refractivity contribution is -0.124. The van der Waals surface area contributed by atoms with Crippen LogP contribution in [0.1, 0.15) is 27.9 Å². The number of hydrazine groups is 1. The molecule has 3 amide bonds. The van der Waals surface area contributed by atoms with Crippen molar-refractivity contribution in [3.63, 3.8) is 0 Å². The van der Waals surface area contributed by atoms with Gasteiger partial charge in [0.1, 0.15) is 4.32 Å². The summed E-state index contributed by atoms with van der Waals surface area (Å²) < 4.78 is 0.383. The summed E-state index contributed by atoms with van der Waals surface area (Å²) in [6.45, 7) is 2.08. The molecule has 0 aliphatic carbocycles. The van der Waals surface area contributed by atoms with Gasteiger partial charge in [0.05, 0.1) is 15.5 Å². The molecular formula is C21H17Cl2N3O3S2. The molecule has 0 radical (unpaired) electrons. The summed E-state index contributed by atoms with van der Waals surface area (Å²) in [7, 11) is 0. The third-order valence-electron chi connectivity index (χ3n) is 4.30. The first-order chi connectivity index (χ1) is 14.7. The lowest BCUT2D eigenvalue weighted by Gasteiger charge is -2.14. The SMILES string of the molecule is Cc1ccc(/C=C2/SC(=S)N(CCC(=O)NNC(=O)c3ccc(Cl)cc3Cl)C2=O)cc1. The van der Waals surface area contributed by atoms with Gasteiger partial charge in [0, 0.05) is 18.0 Å². The van der Waals surface area contributed by atoms with Crippen LogP contribution in [0.5, 0.6) is 0 Å². The van der Waals surface area contributed by atoms with Crippen molar-refractivity contribution in [3.8, 4) is 0 Å². The Bertz CT molecular complexity index is 1090. The predicted octanol–water partition coefficient (Wildman–Crippen LogP) is 4.35. The van der Waals surface area contributed by atoms with Crippen LogP contribution in [0.15, 0.2) is 47.4 Å². The Morgan fingerprint density at radius 1 is 1.13 bits per heavy atom. The van der Waals surface area contributed by atoms with Crippen LogP contribution < -0.4 is 10.9 Å². The second-order valence-electron chi connectivity index (χ2n) is 6.62. The highest BCUT2D eigenvalue weighted by Crippen LogP contribution is 2.32. The maximum atomic E-state index is 12.6. The van der Waals surface area contributed by atoms with E-state index in [9.17, 15) is 14.4 Å². The fourth-order valence-corrected chi connectivity index (χ4v) is 4.45. The first kappa shape index (κ1) is 23.3. The predicted molar refractivity (Wildman–Crippen MR) is 128 cm³/mol. The zero-order chi connectivity index (χ0) is 22.5. The molecule has 160 valence electrons. The highest BCUT2D eigenvalue weighted by atomic mass is 35.5. The van der Waals surface area contributed by atoms with Gasteiger partial charge in [0.15, 0.2) is 0 Å². The van der Waals surface area contributed by atoms with Gasteiger partial charge in [-0.1, -0.05) is 77.0 Å². The van der Waals surface area contributed by atoms with E-state index in [2.05, 4.69) is 10.9 Å². The van der Waals surface area contributed by atoms with Crippen LogP contribution >= 0.6 is 47.2 Å².